The minimum atomic E-state index is -0.298. The van der Waals surface area contributed by atoms with Crippen LogP contribution in [0.2, 0.25) is 0 Å². The molecule has 4 rings (SSSR count). The monoisotopic (exact) mass is 338 g/mol. The maximum Gasteiger partial charge on any atom is 0.336 e. The van der Waals surface area contributed by atoms with E-state index in [1.54, 1.807) is 6.07 Å². The van der Waals surface area contributed by atoms with Gasteiger partial charge < -0.3 is 14.5 Å². The van der Waals surface area contributed by atoms with Crippen LogP contribution in [0.25, 0.3) is 21.7 Å². The van der Waals surface area contributed by atoms with Crippen LogP contribution in [0, 0.1) is 0 Å². The third-order valence-corrected chi connectivity index (χ3v) is 4.74. The third-order valence-electron chi connectivity index (χ3n) is 4.74. The molecule has 0 bridgehead atoms. The molecule has 1 fully saturated rings. The van der Waals surface area contributed by atoms with Crippen LogP contribution in [0.15, 0.2) is 51.7 Å². The fourth-order valence-electron chi connectivity index (χ4n) is 3.44. The molecule has 25 heavy (non-hydrogen) atoms. The molecule has 1 N–H and O–H groups in total. The van der Waals surface area contributed by atoms with Crippen LogP contribution >= 0.6 is 0 Å². The predicted octanol–water partition coefficient (Wildman–Crippen LogP) is 2.37. The van der Waals surface area contributed by atoms with Crippen molar-refractivity contribution >= 4 is 21.7 Å². The molecule has 0 unspecified atom stereocenters. The second-order valence-corrected chi connectivity index (χ2v) is 6.38. The standard InChI is InChI=1S/C20H22N2O3/c23-19-13-16(14-21-7-8-22-9-11-24-12-10-22)20-17-4-2-1-3-15(17)5-6-18(20)25-19/h1-6,13,21H,7-12,14H2. The number of hydrogen-bond acceptors (Lipinski definition) is 5. The van der Waals surface area contributed by atoms with E-state index < -0.39 is 0 Å². The average Bonchev–Trinajstić information content (AvgIpc) is 2.65. The summed E-state index contributed by atoms with van der Waals surface area (Å²) in [6, 6.07) is 13.7. The lowest BCUT2D eigenvalue weighted by Crippen LogP contribution is -2.40. The zero-order valence-corrected chi connectivity index (χ0v) is 14.2. The van der Waals surface area contributed by atoms with Gasteiger partial charge in [0.15, 0.2) is 0 Å². The fraction of sp³-hybridized carbons (Fsp3) is 0.350. The van der Waals surface area contributed by atoms with Gasteiger partial charge in [0.1, 0.15) is 5.58 Å². The second-order valence-electron chi connectivity index (χ2n) is 6.38. The van der Waals surface area contributed by atoms with Crippen LogP contribution in [-0.4, -0.2) is 44.3 Å². The zero-order valence-electron chi connectivity index (χ0n) is 14.2. The zero-order chi connectivity index (χ0) is 17.1. The summed E-state index contributed by atoms with van der Waals surface area (Å²) < 4.78 is 10.8. The van der Waals surface area contributed by atoms with Crippen molar-refractivity contribution in [1.29, 1.82) is 0 Å². The number of ether oxygens (including phenoxy) is 1. The van der Waals surface area contributed by atoms with E-state index in [1.807, 2.05) is 24.3 Å². The van der Waals surface area contributed by atoms with Crippen molar-refractivity contribution in [2.24, 2.45) is 0 Å². The molecule has 2 aromatic carbocycles. The summed E-state index contributed by atoms with van der Waals surface area (Å²) in [6.07, 6.45) is 0. The topological polar surface area (TPSA) is 54.7 Å². The Morgan fingerprint density at radius 3 is 2.80 bits per heavy atom. The van der Waals surface area contributed by atoms with E-state index >= 15 is 0 Å². The first-order chi connectivity index (χ1) is 12.3. The van der Waals surface area contributed by atoms with Crippen LogP contribution in [0.4, 0.5) is 0 Å². The molecule has 1 aliphatic heterocycles. The molecule has 1 saturated heterocycles. The number of nitrogens with one attached hydrogen (secondary N) is 1. The highest BCUT2D eigenvalue weighted by atomic mass is 16.5. The molecule has 1 aromatic heterocycles. The van der Waals surface area contributed by atoms with Crippen molar-refractivity contribution in [2.75, 3.05) is 39.4 Å². The van der Waals surface area contributed by atoms with E-state index in [0.717, 1.165) is 61.1 Å². The van der Waals surface area contributed by atoms with Crippen molar-refractivity contribution < 1.29 is 9.15 Å². The largest absolute Gasteiger partial charge is 0.423 e. The lowest BCUT2D eigenvalue weighted by Gasteiger charge is -2.26. The molecule has 1 aliphatic rings. The minimum absolute atomic E-state index is 0.298. The first-order valence-electron chi connectivity index (χ1n) is 8.76. The normalized spacial score (nSPS) is 15.8. The second kappa shape index (κ2) is 7.35. The summed E-state index contributed by atoms with van der Waals surface area (Å²) in [5.41, 5.74) is 1.34. The Labute approximate surface area is 146 Å². The molecule has 2 heterocycles. The van der Waals surface area contributed by atoms with Crippen LogP contribution in [0.3, 0.4) is 0 Å². The molecule has 0 aliphatic carbocycles. The van der Waals surface area contributed by atoms with Gasteiger partial charge >= 0.3 is 5.63 Å². The SMILES string of the molecule is O=c1cc(CNCCN2CCOCC2)c2c(ccc3ccccc32)o1. The van der Waals surface area contributed by atoms with Crippen LogP contribution in [-0.2, 0) is 11.3 Å². The summed E-state index contributed by atoms with van der Waals surface area (Å²) in [5.74, 6) is 0. The van der Waals surface area contributed by atoms with Gasteiger partial charge in [-0.05, 0) is 22.4 Å². The number of benzene rings is 2. The van der Waals surface area contributed by atoms with Crippen LogP contribution < -0.4 is 10.9 Å². The van der Waals surface area contributed by atoms with Gasteiger partial charge in [0.25, 0.3) is 0 Å². The Bertz CT molecular complexity index is 929. The Hall–Kier alpha value is -2.21. The molecule has 0 amide bonds. The summed E-state index contributed by atoms with van der Waals surface area (Å²) >= 11 is 0. The van der Waals surface area contributed by atoms with Crippen molar-refractivity contribution in [3.05, 3.63) is 58.4 Å². The summed E-state index contributed by atoms with van der Waals surface area (Å²) in [5, 5.41) is 6.77. The van der Waals surface area contributed by atoms with E-state index in [-0.39, 0.29) is 5.63 Å². The first kappa shape index (κ1) is 16.3. The number of morpholine rings is 1. The number of hydrogen-bond donors (Lipinski definition) is 1. The highest BCUT2D eigenvalue weighted by Gasteiger charge is 2.11. The maximum atomic E-state index is 11.9. The molecule has 0 radical (unpaired) electrons. The number of rotatable bonds is 5. The molecule has 0 saturated carbocycles. The van der Waals surface area contributed by atoms with Gasteiger partial charge in [-0.1, -0.05) is 30.3 Å². The lowest BCUT2D eigenvalue weighted by atomic mass is 10.0. The Morgan fingerprint density at radius 1 is 1.08 bits per heavy atom. The quantitative estimate of drug-likeness (QED) is 0.440. The van der Waals surface area contributed by atoms with E-state index in [0.29, 0.717) is 12.1 Å². The van der Waals surface area contributed by atoms with Crippen LogP contribution in [0.1, 0.15) is 5.56 Å². The molecule has 5 heteroatoms. The third kappa shape index (κ3) is 3.58. The minimum Gasteiger partial charge on any atom is -0.423 e. The van der Waals surface area contributed by atoms with Gasteiger partial charge in [-0.25, -0.2) is 4.79 Å². The fourth-order valence-corrected chi connectivity index (χ4v) is 3.44. The maximum absolute atomic E-state index is 11.9. The summed E-state index contributed by atoms with van der Waals surface area (Å²) in [4.78, 5) is 14.3. The van der Waals surface area contributed by atoms with Crippen molar-refractivity contribution in [2.45, 2.75) is 6.54 Å². The van der Waals surface area contributed by atoms with Gasteiger partial charge in [0, 0.05) is 44.2 Å². The molecule has 130 valence electrons. The van der Waals surface area contributed by atoms with Crippen molar-refractivity contribution in [3.8, 4) is 0 Å². The van der Waals surface area contributed by atoms with E-state index in [9.17, 15) is 4.79 Å². The summed E-state index contributed by atoms with van der Waals surface area (Å²) in [6.45, 7) is 6.14. The number of nitrogens with zero attached hydrogens (tertiary/aromatic N) is 1. The Morgan fingerprint density at radius 2 is 1.92 bits per heavy atom. The van der Waals surface area contributed by atoms with E-state index in [4.69, 9.17) is 9.15 Å². The lowest BCUT2D eigenvalue weighted by molar-refractivity contribution is 0.0384. The molecular weight excluding hydrogens is 316 g/mol. The van der Waals surface area contributed by atoms with Gasteiger partial charge in [-0.2, -0.15) is 0 Å². The van der Waals surface area contributed by atoms with E-state index in [1.165, 1.54) is 0 Å². The van der Waals surface area contributed by atoms with Gasteiger partial charge in [-0.3, -0.25) is 4.90 Å². The van der Waals surface area contributed by atoms with E-state index in [2.05, 4.69) is 22.3 Å². The van der Waals surface area contributed by atoms with Gasteiger partial charge in [-0.15, -0.1) is 0 Å². The average molecular weight is 338 g/mol. The highest BCUT2D eigenvalue weighted by Crippen LogP contribution is 2.27. The van der Waals surface area contributed by atoms with Crippen LogP contribution in [0.5, 0.6) is 0 Å². The Kier molecular flexibility index (Phi) is 4.78. The van der Waals surface area contributed by atoms with Gasteiger partial charge in [0.2, 0.25) is 0 Å². The molecule has 0 spiro atoms. The first-order valence-corrected chi connectivity index (χ1v) is 8.76. The Balaban J connectivity index is 1.55. The van der Waals surface area contributed by atoms with Gasteiger partial charge in [0.05, 0.1) is 13.2 Å². The molecule has 3 aromatic rings. The highest BCUT2D eigenvalue weighted by molar-refractivity contribution is 6.07. The number of fused-ring (bicyclic) bond motifs is 3. The molecule has 0 atom stereocenters. The van der Waals surface area contributed by atoms with Crippen molar-refractivity contribution in [1.82, 2.24) is 10.2 Å². The predicted molar refractivity (Wildman–Crippen MR) is 99.0 cm³/mol. The molecular formula is C20H22N2O3. The summed E-state index contributed by atoms with van der Waals surface area (Å²) in [7, 11) is 0. The smallest absolute Gasteiger partial charge is 0.336 e. The molecule has 5 nitrogen and oxygen atoms in total. The van der Waals surface area contributed by atoms with Crippen molar-refractivity contribution in [3.63, 3.8) is 0 Å².